The van der Waals surface area contributed by atoms with Crippen molar-refractivity contribution < 1.29 is 19.5 Å². The third-order valence-corrected chi connectivity index (χ3v) is 13.3. The average molecular weight is 498 g/mol. The average Bonchev–Trinajstić information content (AvgIpc) is 3.22. The van der Waals surface area contributed by atoms with Crippen molar-refractivity contribution >= 4 is 17.5 Å². The zero-order valence-electron chi connectivity index (χ0n) is 23.6. The molecule has 0 heterocycles. The van der Waals surface area contributed by atoms with Gasteiger partial charge in [-0.3, -0.25) is 9.59 Å². The summed E-state index contributed by atoms with van der Waals surface area (Å²) in [6.45, 7) is 18.1. The number of carbonyl (C=O) groups excluding carboxylic acids is 2. The van der Waals surface area contributed by atoms with E-state index in [1.54, 1.807) is 7.11 Å². The Morgan fingerprint density at radius 3 is 2.28 bits per heavy atom. The summed E-state index contributed by atoms with van der Waals surface area (Å²) in [6, 6.07) is 0. The van der Waals surface area contributed by atoms with Crippen LogP contribution in [0, 0.1) is 56.7 Å². The van der Waals surface area contributed by atoms with E-state index in [1.165, 1.54) is 5.57 Å². The van der Waals surface area contributed by atoms with E-state index in [9.17, 15) is 14.8 Å². The summed E-state index contributed by atoms with van der Waals surface area (Å²) in [4.78, 5) is 26.6. The minimum atomic E-state index is -0.517. The molecule has 5 unspecified atom stereocenters. The van der Waals surface area contributed by atoms with Gasteiger partial charge in [0.05, 0.1) is 12.5 Å². The summed E-state index contributed by atoms with van der Waals surface area (Å²) >= 11 is 0. The van der Waals surface area contributed by atoms with Crippen molar-refractivity contribution in [1.82, 2.24) is 0 Å². The van der Waals surface area contributed by atoms with Crippen LogP contribution < -0.4 is 0 Å². The largest absolute Gasteiger partial charge is 0.469 e. The van der Waals surface area contributed by atoms with Crippen molar-refractivity contribution in [2.75, 3.05) is 7.11 Å². The molecule has 5 heteroatoms. The molecule has 0 aromatic rings. The molecule has 5 fully saturated rings. The molecule has 0 aromatic carbocycles. The Labute approximate surface area is 217 Å². The van der Waals surface area contributed by atoms with Crippen LogP contribution in [0.3, 0.4) is 0 Å². The van der Waals surface area contributed by atoms with E-state index in [1.807, 2.05) is 0 Å². The zero-order chi connectivity index (χ0) is 26.5. The fraction of sp³-hybridized carbons (Fsp3) is 0.839. The van der Waals surface area contributed by atoms with Gasteiger partial charge in [0.15, 0.2) is 5.78 Å². The van der Waals surface area contributed by atoms with E-state index in [-0.39, 0.29) is 39.3 Å². The minimum Gasteiger partial charge on any atom is -0.469 e. The molecule has 5 nitrogen and oxygen atoms in total. The van der Waals surface area contributed by atoms with E-state index in [0.29, 0.717) is 35.8 Å². The zero-order valence-corrected chi connectivity index (χ0v) is 23.6. The monoisotopic (exact) mass is 497 g/mol. The van der Waals surface area contributed by atoms with Crippen molar-refractivity contribution in [3.05, 3.63) is 12.2 Å². The Hall–Kier alpha value is -1.65. The van der Waals surface area contributed by atoms with Gasteiger partial charge in [0.1, 0.15) is 5.71 Å². The Kier molecular flexibility index (Phi) is 5.72. The number of ether oxygens (including phenoxy) is 1. The molecule has 1 N–H and O–H groups in total. The maximum atomic E-state index is 13.4. The highest BCUT2D eigenvalue weighted by molar-refractivity contribution is 6.42. The van der Waals surface area contributed by atoms with Gasteiger partial charge < -0.3 is 9.94 Å². The molecule has 5 saturated carbocycles. The Morgan fingerprint density at radius 2 is 1.67 bits per heavy atom. The number of Topliss-reactive ketones (excluding diaryl/α,β-unsaturated/α-hetero) is 1. The van der Waals surface area contributed by atoms with Gasteiger partial charge in [-0.1, -0.05) is 51.9 Å². The summed E-state index contributed by atoms with van der Waals surface area (Å²) in [5, 5.41) is 13.3. The standard InChI is InChI=1S/C31H47NO4/c1-18(2)19-11-14-31(26(34)36-8)16-15-29(6)20(24(19)31)9-10-23-28(5)17-21(32-35)25(33)27(3,4)22(28)12-13-30(23,29)7/h19-20,22-24,35H,1,9-17H2,2-8H3/b32-21-/t19-,20?,22?,23?,24?,28-,29+,30+,31?/m0/s1. The molecule has 0 saturated heterocycles. The van der Waals surface area contributed by atoms with Gasteiger partial charge in [0, 0.05) is 11.8 Å². The number of hydrogen-bond acceptors (Lipinski definition) is 5. The van der Waals surface area contributed by atoms with Crippen LogP contribution >= 0.6 is 0 Å². The molecule has 0 radical (unpaired) electrons. The third kappa shape index (κ3) is 2.92. The van der Waals surface area contributed by atoms with Crippen LogP contribution in [-0.4, -0.2) is 29.8 Å². The lowest BCUT2D eigenvalue weighted by Gasteiger charge is -2.72. The number of oxime groups is 1. The quantitative estimate of drug-likeness (QED) is 0.196. The van der Waals surface area contributed by atoms with Gasteiger partial charge >= 0.3 is 5.97 Å². The topological polar surface area (TPSA) is 76.0 Å². The number of esters is 1. The molecule has 9 atom stereocenters. The number of hydrogen-bond donors (Lipinski definition) is 1. The minimum absolute atomic E-state index is 0.00223. The van der Waals surface area contributed by atoms with Crippen LogP contribution in [0.1, 0.15) is 99.3 Å². The molecule has 5 rings (SSSR count). The molecule has 36 heavy (non-hydrogen) atoms. The van der Waals surface area contributed by atoms with Crippen LogP contribution in [0.2, 0.25) is 0 Å². The number of allylic oxidation sites excluding steroid dienone is 1. The molecule has 0 bridgehead atoms. The SMILES string of the molecule is C=C(C)[C@@H]1CCC2(C(=O)OC)CC[C@]3(C)C(CCC4[C@@]5(C)C/C(=N/O)C(=O)C(C)(C)C5CC[C@]43C)C12. The first kappa shape index (κ1) is 26.0. The van der Waals surface area contributed by atoms with Gasteiger partial charge in [-0.15, -0.1) is 0 Å². The normalized spacial score (nSPS) is 50.5. The van der Waals surface area contributed by atoms with Crippen molar-refractivity contribution in [3.63, 3.8) is 0 Å². The Balaban J connectivity index is 1.59. The summed E-state index contributed by atoms with van der Waals surface area (Å²) in [7, 11) is 1.56. The Morgan fingerprint density at radius 1 is 0.972 bits per heavy atom. The molecule has 0 aliphatic heterocycles. The number of methoxy groups -OCH3 is 1. The van der Waals surface area contributed by atoms with Crippen LogP contribution in [0.5, 0.6) is 0 Å². The van der Waals surface area contributed by atoms with Gasteiger partial charge in [0.25, 0.3) is 0 Å². The lowest BCUT2D eigenvalue weighted by molar-refractivity contribution is -0.230. The maximum absolute atomic E-state index is 13.4. The maximum Gasteiger partial charge on any atom is 0.312 e. The molecule has 0 amide bonds. The summed E-state index contributed by atoms with van der Waals surface area (Å²) in [5.74, 6) is 1.88. The first-order valence-electron chi connectivity index (χ1n) is 14.2. The third-order valence-electron chi connectivity index (χ3n) is 13.3. The Bertz CT molecular complexity index is 1030. The second-order valence-corrected chi connectivity index (χ2v) is 14.6. The highest BCUT2D eigenvalue weighted by Crippen LogP contribution is 2.77. The lowest BCUT2D eigenvalue weighted by atomic mass is 9.32. The van der Waals surface area contributed by atoms with Crippen molar-refractivity contribution in [2.24, 2.45) is 61.8 Å². The van der Waals surface area contributed by atoms with E-state index >= 15 is 0 Å². The summed E-state index contributed by atoms with van der Waals surface area (Å²) in [6.07, 6.45) is 8.81. The van der Waals surface area contributed by atoms with Gasteiger partial charge in [-0.05, 0) is 104 Å². The fourth-order valence-electron chi connectivity index (χ4n) is 11.6. The van der Waals surface area contributed by atoms with E-state index < -0.39 is 5.41 Å². The van der Waals surface area contributed by atoms with Crippen LogP contribution in [0.4, 0.5) is 0 Å². The van der Waals surface area contributed by atoms with E-state index in [4.69, 9.17) is 4.74 Å². The summed E-state index contributed by atoms with van der Waals surface area (Å²) < 4.78 is 5.47. The second-order valence-electron chi connectivity index (χ2n) is 14.6. The molecule has 200 valence electrons. The molecule has 0 aromatic heterocycles. The molecular weight excluding hydrogens is 450 g/mol. The molecule has 5 aliphatic rings. The van der Waals surface area contributed by atoms with Crippen molar-refractivity contribution in [3.8, 4) is 0 Å². The van der Waals surface area contributed by atoms with Crippen LogP contribution in [0.15, 0.2) is 17.3 Å². The molecular formula is C31H47NO4. The fourth-order valence-corrected chi connectivity index (χ4v) is 11.6. The highest BCUT2D eigenvalue weighted by Gasteiger charge is 2.72. The number of fused-ring (bicyclic) bond motifs is 7. The number of ketones is 1. The number of nitrogens with zero attached hydrogens (tertiary/aromatic N) is 1. The first-order valence-corrected chi connectivity index (χ1v) is 14.2. The second kappa shape index (κ2) is 7.93. The van der Waals surface area contributed by atoms with E-state index in [0.717, 1.165) is 51.4 Å². The lowest BCUT2D eigenvalue weighted by Crippen LogP contribution is -2.67. The molecule has 5 aliphatic carbocycles. The highest BCUT2D eigenvalue weighted by atomic mass is 16.5. The predicted octanol–water partition coefficient (Wildman–Crippen LogP) is 6.83. The summed E-state index contributed by atoms with van der Waals surface area (Å²) in [5.41, 5.74) is 0.811. The first-order chi connectivity index (χ1) is 16.7. The van der Waals surface area contributed by atoms with Crippen LogP contribution in [0.25, 0.3) is 0 Å². The van der Waals surface area contributed by atoms with Crippen LogP contribution in [-0.2, 0) is 14.3 Å². The smallest absolute Gasteiger partial charge is 0.312 e. The molecule has 0 spiro atoms. The van der Waals surface area contributed by atoms with E-state index in [2.05, 4.69) is 53.3 Å². The van der Waals surface area contributed by atoms with Gasteiger partial charge in [0.2, 0.25) is 0 Å². The number of carbonyl (C=O) groups is 2. The van der Waals surface area contributed by atoms with Gasteiger partial charge in [-0.2, -0.15) is 0 Å². The van der Waals surface area contributed by atoms with Crippen molar-refractivity contribution in [1.29, 1.82) is 0 Å². The van der Waals surface area contributed by atoms with Crippen molar-refractivity contribution in [2.45, 2.75) is 99.3 Å². The predicted molar refractivity (Wildman–Crippen MR) is 141 cm³/mol. The van der Waals surface area contributed by atoms with Gasteiger partial charge in [-0.25, -0.2) is 0 Å². The number of rotatable bonds is 2.